The van der Waals surface area contributed by atoms with Crippen molar-refractivity contribution in [3.63, 3.8) is 0 Å². The van der Waals surface area contributed by atoms with Crippen molar-refractivity contribution in [2.24, 2.45) is 5.41 Å². The van der Waals surface area contributed by atoms with Crippen LogP contribution in [0.25, 0.3) is 0 Å². The molecule has 0 aromatic carbocycles. The molecule has 11 heavy (non-hydrogen) atoms. The first-order chi connectivity index (χ1) is 4.76. The number of carbonyl (C=O) groups excluding carboxylic acids is 2. The van der Waals surface area contributed by atoms with Crippen molar-refractivity contribution in [1.29, 1.82) is 0 Å². The molecular weight excluding hydrogens is 166 g/mol. The van der Waals surface area contributed by atoms with E-state index in [1.807, 2.05) is 0 Å². The summed E-state index contributed by atoms with van der Waals surface area (Å²) in [6.45, 7) is 5.18. The standard InChI is InChI=1S/C7H12ClNO2/c1-7(2,3)5(10)9(4)6(8)11/h1-4H3. The second-order valence-electron chi connectivity index (χ2n) is 3.37. The van der Waals surface area contributed by atoms with Crippen LogP contribution in [0.2, 0.25) is 0 Å². The monoisotopic (exact) mass is 177 g/mol. The Hall–Kier alpha value is -0.570. The van der Waals surface area contributed by atoms with Crippen LogP contribution in [0, 0.1) is 5.41 Å². The van der Waals surface area contributed by atoms with Gasteiger partial charge in [-0.2, -0.15) is 0 Å². The van der Waals surface area contributed by atoms with Gasteiger partial charge in [-0.05, 0) is 11.6 Å². The summed E-state index contributed by atoms with van der Waals surface area (Å²) in [5.41, 5.74) is -0.556. The van der Waals surface area contributed by atoms with Gasteiger partial charge in [0.15, 0.2) is 0 Å². The Morgan fingerprint density at radius 3 is 1.73 bits per heavy atom. The summed E-state index contributed by atoms with van der Waals surface area (Å²) in [7, 11) is 1.36. The highest BCUT2D eigenvalue weighted by molar-refractivity contribution is 6.64. The van der Waals surface area contributed by atoms with E-state index in [1.165, 1.54) is 7.05 Å². The molecular formula is C7H12ClNO2. The molecule has 0 saturated heterocycles. The third-order valence-electron chi connectivity index (χ3n) is 1.21. The maximum atomic E-state index is 11.2. The Bertz CT molecular complexity index is 183. The summed E-state index contributed by atoms with van der Waals surface area (Å²) in [6, 6.07) is 0. The van der Waals surface area contributed by atoms with Gasteiger partial charge in [0.25, 0.3) is 0 Å². The van der Waals surface area contributed by atoms with Gasteiger partial charge in [0.2, 0.25) is 5.91 Å². The molecule has 3 nitrogen and oxygen atoms in total. The largest absolute Gasteiger partial charge is 0.322 e. The Morgan fingerprint density at radius 2 is 1.64 bits per heavy atom. The van der Waals surface area contributed by atoms with Gasteiger partial charge in [0.1, 0.15) is 0 Å². The third kappa shape index (κ3) is 2.89. The minimum Gasteiger partial charge on any atom is -0.274 e. The predicted molar refractivity (Wildman–Crippen MR) is 43.5 cm³/mol. The van der Waals surface area contributed by atoms with Gasteiger partial charge >= 0.3 is 5.37 Å². The lowest BCUT2D eigenvalue weighted by atomic mass is 9.95. The number of carbonyl (C=O) groups is 2. The van der Waals surface area contributed by atoms with Gasteiger partial charge in [-0.25, -0.2) is 0 Å². The molecule has 4 heteroatoms. The van der Waals surface area contributed by atoms with Crippen molar-refractivity contribution >= 4 is 22.9 Å². The maximum absolute atomic E-state index is 11.2. The first-order valence-electron chi connectivity index (χ1n) is 3.24. The van der Waals surface area contributed by atoms with Crippen LogP contribution in [0.1, 0.15) is 20.8 Å². The molecule has 0 saturated carbocycles. The van der Waals surface area contributed by atoms with E-state index in [-0.39, 0.29) is 5.91 Å². The molecule has 0 aliphatic carbocycles. The second kappa shape index (κ2) is 3.22. The molecule has 0 spiro atoms. The number of rotatable bonds is 0. The average Bonchev–Trinajstić information content (AvgIpc) is 1.82. The zero-order valence-corrected chi connectivity index (χ0v) is 7.90. The van der Waals surface area contributed by atoms with Gasteiger partial charge in [-0.1, -0.05) is 20.8 Å². The normalized spacial score (nSPS) is 11.0. The van der Waals surface area contributed by atoms with E-state index in [0.717, 1.165) is 4.90 Å². The molecule has 2 amide bonds. The lowest BCUT2D eigenvalue weighted by Gasteiger charge is -2.22. The van der Waals surface area contributed by atoms with Crippen LogP contribution in [-0.2, 0) is 4.79 Å². The summed E-state index contributed by atoms with van der Waals surface area (Å²) in [5.74, 6) is -0.280. The van der Waals surface area contributed by atoms with Crippen LogP contribution in [-0.4, -0.2) is 23.2 Å². The SMILES string of the molecule is CN(C(=O)Cl)C(=O)C(C)(C)C. The van der Waals surface area contributed by atoms with Gasteiger partial charge in [-0.15, -0.1) is 0 Å². The molecule has 0 rings (SSSR count). The van der Waals surface area contributed by atoms with Crippen molar-refractivity contribution in [2.45, 2.75) is 20.8 Å². The molecule has 0 heterocycles. The van der Waals surface area contributed by atoms with E-state index in [9.17, 15) is 9.59 Å². The van der Waals surface area contributed by atoms with Crippen LogP contribution in [0.3, 0.4) is 0 Å². The van der Waals surface area contributed by atoms with E-state index in [0.29, 0.717) is 0 Å². The lowest BCUT2D eigenvalue weighted by Crippen LogP contribution is -2.37. The number of imide groups is 1. The molecule has 0 unspecified atom stereocenters. The summed E-state index contributed by atoms with van der Waals surface area (Å²) in [4.78, 5) is 22.6. The Balaban J connectivity index is 4.39. The molecule has 0 aromatic heterocycles. The van der Waals surface area contributed by atoms with E-state index < -0.39 is 10.8 Å². The quantitative estimate of drug-likeness (QED) is 0.418. The van der Waals surface area contributed by atoms with Gasteiger partial charge in [0, 0.05) is 12.5 Å². The van der Waals surface area contributed by atoms with Crippen LogP contribution >= 0.6 is 11.6 Å². The van der Waals surface area contributed by atoms with Crippen molar-refractivity contribution in [1.82, 2.24) is 4.90 Å². The molecule has 0 bridgehead atoms. The zero-order valence-electron chi connectivity index (χ0n) is 7.14. The summed E-state index contributed by atoms with van der Waals surface area (Å²) in [5, 5.41) is -0.745. The number of halogens is 1. The molecule has 0 N–H and O–H groups in total. The number of hydrogen-bond donors (Lipinski definition) is 0. The van der Waals surface area contributed by atoms with E-state index >= 15 is 0 Å². The Labute approximate surface area is 71.3 Å². The molecule has 0 aliphatic heterocycles. The highest BCUT2D eigenvalue weighted by atomic mass is 35.5. The van der Waals surface area contributed by atoms with Crippen LogP contribution in [0.5, 0.6) is 0 Å². The zero-order chi connectivity index (χ0) is 9.23. The van der Waals surface area contributed by atoms with Crippen LogP contribution in [0.4, 0.5) is 4.79 Å². The van der Waals surface area contributed by atoms with E-state index in [4.69, 9.17) is 11.6 Å². The first kappa shape index (κ1) is 10.4. The summed E-state index contributed by atoms with van der Waals surface area (Å²) >= 11 is 5.10. The molecule has 0 atom stereocenters. The molecule has 0 radical (unpaired) electrons. The van der Waals surface area contributed by atoms with E-state index in [2.05, 4.69) is 0 Å². The minimum atomic E-state index is -0.745. The fourth-order valence-electron chi connectivity index (χ4n) is 0.583. The summed E-state index contributed by atoms with van der Waals surface area (Å²) in [6.07, 6.45) is 0. The molecule has 0 aromatic rings. The molecule has 0 fully saturated rings. The average molecular weight is 178 g/mol. The number of hydrogen-bond acceptors (Lipinski definition) is 2. The highest BCUT2D eigenvalue weighted by Gasteiger charge is 2.27. The molecule has 64 valence electrons. The minimum absolute atomic E-state index is 0.280. The Kier molecular flexibility index (Phi) is 3.05. The van der Waals surface area contributed by atoms with Crippen molar-refractivity contribution in [2.75, 3.05) is 7.05 Å². The fourth-order valence-corrected chi connectivity index (χ4v) is 0.660. The number of nitrogens with zero attached hydrogens (tertiary/aromatic N) is 1. The highest BCUT2D eigenvalue weighted by Crippen LogP contribution is 2.16. The van der Waals surface area contributed by atoms with Crippen LogP contribution < -0.4 is 0 Å². The maximum Gasteiger partial charge on any atom is 0.322 e. The fraction of sp³-hybridized carbons (Fsp3) is 0.714. The third-order valence-corrected chi connectivity index (χ3v) is 1.46. The molecule has 0 aliphatic rings. The van der Waals surface area contributed by atoms with Gasteiger partial charge in [-0.3, -0.25) is 14.5 Å². The van der Waals surface area contributed by atoms with Crippen LogP contribution in [0.15, 0.2) is 0 Å². The lowest BCUT2D eigenvalue weighted by molar-refractivity contribution is -0.134. The smallest absolute Gasteiger partial charge is 0.274 e. The number of amides is 2. The topological polar surface area (TPSA) is 37.4 Å². The van der Waals surface area contributed by atoms with Crippen molar-refractivity contribution < 1.29 is 9.59 Å². The first-order valence-corrected chi connectivity index (χ1v) is 3.62. The van der Waals surface area contributed by atoms with Gasteiger partial charge < -0.3 is 0 Å². The van der Waals surface area contributed by atoms with Crippen molar-refractivity contribution in [3.8, 4) is 0 Å². The van der Waals surface area contributed by atoms with E-state index in [1.54, 1.807) is 20.8 Å². The Morgan fingerprint density at radius 1 is 1.27 bits per heavy atom. The summed E-state index contributed by atoms with van der Waals surface area (Å²) < 4.78 is 0. The predicted octanol–water partition coefficient (Wildman–Crippen LogP) is 1.85. The second-order valence-corrected chi connectivity index (χ2v) is 3.69. The van der Waals surface area contributed by atoms with Gasteiger partial charge in [0.05, 0.1) is 0 Å². The van der Waals surface area contributed by atoms with Crippen molar-refractivity contribution in [3.05, 3.63) is 0 Å².